The number of aryl methyl sites for hydroxylation is 1. The van der Waals surface area contributed by atoms with Crippen molar-refractivity contribution < 1.29 is 32.9 Å². The maximum absolute atomic E-state index is 12.5. The van der Waals surface area contributed by atoms with E-state index >= 15 is 0 Å². The van der Waals surface area contributed by atoms with Crippen molar-refractivity contribution in [2.45, 2.75) is 116 Å². The quantitative estimate of drug-likeness (QED) is 0.0732. The Labute approximate surface area is 247 Å². The summed E-state index contributed by atoms with van der Waals surface area (Å²) in [5, 5.41) is 0. The molecule has 0 radical (unpaired) electrons. The average molecular weight is 599 g/mol. The average Bonchev–Trinajstić information content (AvgIpc) is 3.34. The van der Waals surface area contributed by atoms with Crippen LogP contribution in [0.25, 0.3) is 0 Å². The number of hydrogen-bond donors (Lipinski definition) is 1. The fourth-order valence-corrected chi connectivity index (χ4v) is 5.99. The second kappa shape index (κ2) is 21.6. The van der Waals surface area contributed by atoms with E-state index < -0.39 is 14.3 Å². The number of unbranched alkanes of at least 4 members (excludes halogenated alkanes) is 13. The molecular formula is C31H53NO6PS+. The smallest absolute Gasteiger partial charge is 0.426 e. The number of phosphoric acid groups is 1. The lowest BCUT2D eigenvalue weighted by atomic mass is 10.0. The number of ether oxygens (including phenoxy) is 2. The summed E-state index contributed by atoms with van der Waals surface area (Å²) in [6.07, 6.45) is 20.1. The maximum Gasteiger partial charge on any atom is 0.426 e. The second-order valence-electron chi connectivity index (χ2n) is 10.7. The standard InChI is InChI=1S/C31H52NO6PS/c1-4-5-6-7-8-9-10-11-12-13-14-15-16-17-21-36-25-31(35-3)26-37-39(33,34)38-30-20-18-19-29(22-30)24-32-23-28(2)40-27-32/h18-20,22-23,27,31H,4-17,21,24-26H2,1-3H3/p+1/t31-/m1/s1. The summed E-state index contributed by atoms with van der Waals surface area (Å²) in [7, 11) is -2.75. The van der Waals surface area contributed by atoms with Crippen LogP contribution in [0.15, 0.2) is 36.0 Å². The normalized spacial score (nSPS) is 13.8. The van der Waals surface area contributed by atoms with Gasteiger partial charge in [-0.25, -0.2) is 0 Å². The van der Waals surface area contributed by atoms with Gasteiger partial charge in [0.15, 0.2) is 18.5 Å². The Morgan fingerprint density at radius 3 is 2.12 bits per heavy atom. The molecule has 1 N–H and O–H groups in total. The van der Waals surface area contributed by atoms with Crippen molar-refractivity contribution >= 4 is 19.5 Å². The third-order valence-electron chi connectivity index (χ3n) is 6.91. The molecule has 0 amide bonds. The van der Waals surface area contributed by atoms with Crippen LogP contribution in [0.3, 0.4) is 0 Å². The SMILES string of the molecule is CCCCCCCCCCCCCCCCOC[C@H](CO[P+]([O-])(O)Oc1cccc(C[n+]2csc(C)c2)c1)OC. The molecule has 0 spiro atoms. The fourth-order valence-electron chi connectivity index (χ4n) is 4.57. The first kappa shape index (κ1) is 35.1. The molecule has 1 unspecified atom stereocenters. The molecule has 0 fully saturated rings. The molecule has 0 bridgehead atoms. The van der Waals surface area contributed by atoms with Gasteiger partial charge in [-0.1, -0.05) is 114 Å². The molecule has 2 aromatic rings. The van der Waals surface area contributed by atoms with Crippen LogP contribution < -0.4 is 14.0 Å². The minimum Gasteiger partial charge on any atom is -0.598 e. The topological polar surface area (TPSA) is 84.1 Å². The number of rotatable bonds is 25. The molecule has 0 saturated heterocycles. The van der Waals surface area contributed by atoms with Gasteiger partial charge in [0.25, 0.3) is 0 Å². The number of hydrogen-bond acceptors (Lipinski definition) is 7. The highest BCUT2D eigenvalue weighted by molar-refractivity contribution is 7.53. The van der Waals surface area contributed by atoms with E-state index in [0.29, 0.717) is 25.5 Å². The van der Waals surface area contributed by atoms with Crippen molar-refractivity contribution in [3.05, 3.63) is 46.4 Å². The predicted octanol–water partition coefficient (Wildman–Crippen LogP) is 7.33. The predicted molar refractivity (Wildman–Crippen MR) is 162 cm³/mol. The number of nitrogens with zero attached hydrogens (tertiary/aromatic N) is 1. The maximum atomic E-state index is 12.5. The number of benzene rings is 1. The van der Waals surface area contributed by atoms with Crippen LogP contribution in [0.1, 0.15) is 107 Å². The minimum absolute atomic E-state index is 0.0905. The Kier molecular flexibility index (Phi) is 18.9. The molecule has 40 heavy (non-hydrogen) atoms. The molecule has 9 heteroatoms. The van der Waals surface area contributed by atoms with Crippen LogP contribution >= 0.6 is 19.5 Å². The Morgan fingerprint density at radius 1 is 0.925 bits per heavy atom. The zero-order chi connectivity index (χ0) is 28.9. The molecule has 1 heterocycles. The van der Waals surface area contributed by atoms with E-state index in [1.807, 2.05) is 11.6 Å². The van der Waals surface area contributed by atoms with E-state index in [4.69, 9.17) is 18.5 Å². The Balaban J connectivity index is 1.50. The third-order valence-corrected chi connectivity index (χ3v) is 8.68. The lowest BCUT2D eigenvalue weighted by Crippen LogP contribution is -2.30. The van der Waals surface area contributed by atoms with Gasteiger partial charge in [0, 0.05) is 19.3 Å². The van der Waals surface area contributed by atoms with Crippen LogP contribution in [0.4, 0.5) is 0 Å². The van der Waals surface area contributed by atoms with Gasteiger partial charge in [-0.05, 0) is 25.5 Å². The zero-order valence-electron chi connectivity index (χ0n) is 25.1. The van der Waals surface area contributed by atoms with Crippen molar-refractivity contribution in [1.29, 1.82) is 0 Å². The van der Waals surface area contributed by atoms with Crippen molar-refractivity contribution in [2.75, 3.05) is 26.9 Å². The molecule has 0 aliphatic rings. The molecule has 2 rings (SSSR count). The molecule has 0 aliphatic carbocycles. The molecule has 0 saturated carbocycles. The first-order valence-electron chi connectivity index (χ1n) is 15.2. The van der Waals surface area contributed by atoms with E-state index in [1.165, 1.54) is 81.9 Å². The van der Waals surface area contributed by atoms with Crippen molar-refractivity contribution in [3.63, 3.8) is 0 Å². The van der Waals surface area contributed by atoms with Gasteiger partial charge in [0.2, 0.25) is 5.51 Å². The van der Waals surface area contributed by atoms with Crippen molar-refractivity contribution in [3.8, 4) is 5.75 Å². The Bertz CT molecular complexity index is 896. The summed E-state index contributed by atoms with van der Waals surface area (Å²) < 4.78 is 23.7. The minimum atomic E-state index is -4.30. The van der Waals surface area contributed by atoms with Gasteiger partial charge in [0.1, 0.15) is 12.7 Å². The highest BCUT2D eigenvalue weighted by atomic mass is 32.1. The molecule has 1 aromatic carbocycles. The fraction of sp³-hybridized carbons (Fsp3) is 0.710. The largest absolute Gasteiger partial charge is 0.598 e. The van der Waals surface area contributed by atoms with E-state index in [-0.39, 0.29) is 6.61 Å². The zero-order valence-corrected chi connectivity index (χ0v) is 26.8. The highest BCUT2D eigenvalue weighted by Gasteiger charge is 2.31. The highest BCUT2D eigenvalue weighted by Crippen LogP contribution is 2.47. The number of aromatic nitrogens is 1. The van der Waals surface area contributed by atoms with Gasteiger partial charge in [-0.3, -0.25) is 4.52 Å². The van der Waals surface area contributed by atoms with Gasteiger partial charge in [-0.15, -0.1) is 0 Å². The van der Waals surface area contributed by atoms with E-state index in [9.17, 15) is 9.79 Å². The lowest BCUT2D eigenvalue weighted by Gasteiger charge is -2.22. The summed E-state index contributed by atoms with van der Waals surface area (Å²) in [4.78, 5) is 24.0. The second-order valence-corrected chi connectivity index (χ2v) is 13.1. The summed E-state index contributed by atoms with van der Waals surface area (Å²) in [6.45, 7) is 5.85. The van der Waals surface area contributed by atoms with Gasteiger partial charge in [0.05, 0.1) is 11.5 Å². The van der Waals surface area contributed by atoms with Crippen molar-refractivity contribution in [2.24, 2.45) is 0 Å². The van der Waals surface area contributed by atoms with Crippen LogP contribution in [-0.4, -0.2) is 37.9 Å². The van der Waals surface area contributed by atoms with Crippen LogP contribution in [0.2, 0.25) is 0 Å². The third kappa shape index (κ3) is 17.0. The van der Waals surface area contributed by atoms with Crippen LogP contribution in [-0.2, 0) is 20.5 Å². The van der Waals surface area contributed by atoms with Crippen LogP contribution in [0.5, 0.6) is 5.75 Å². The first-order valence-corrected chi connectivity index (χ1v) is 17.6. The molecule has 2 atom stereocenters. The van der Waals surface area contributed by atoms with Crippen molar-refractivity contribution in [1.82, 2.24) is 0 Å². The van der Waals surface area contributed by atoms with Crippen LogP contribution in [0, 0.1) is 6.92 Å². The first-order chi connectivity index (χ1) is 19.4. The van der Waals surface area contributed by atoms with E-state index in [1.54, 1.807) is 36.6 Å². The number of phosphoric ester groups is 1. The number of thiazole rings is 1. The molecular weight excluding hydrogens is 545 g/mol. The van der Waals surface area contributed by atoms with Gasteiger partial charge >= 0.3 is 8.17 Å². The lowest BCUT2D eigenvalue weighted by molar-refractivity contribution is -0.683. The Hall–Kier alpha value is -1.12. The molecule has 1 aromatic heterocycles. The number of methoxy groups -OCH3 is 1. The summed E-state index contributed by atoms with van der Waals surface area (Å²) >= 11 is 1.67. The summed E-state index contributed by atoms with van der Waals surface area (Å²) in [6, 6.07) is 7.14. The monoisotopic (exact) mass is 598 g/mol. The molecule has 7 nitrogen and oxygen atoms in total. The molecule has 228 valence electrons. The Morgan fingerprint density at radius 2 is 1.55 bits per heavy atom. The summed E-state index contributed by atoms with van der Waals surface area (Å²) in [5.74, 6) is 0.291. The van der Waals surface area contributed by atoms with E-state index in [2.05, 4.69) is 24.6 Å². The van der Waals surface area contributed by atoms with Gasteiger partial charge in [-0.2, -0.15) is 14.0 Å². The molecule has 0 aliphatic heterocycles. The van der Waals surface area contributed by atoms with E-state index in [0.717, 1.165) is 18.4 Å². The van der Waals surface area contributed by atoms with Gasteiger partial charge < -0.3 is 14.4 Å². The summed E-state index contributed by atoms with van der Waals surface area (Å²) in [5.41, 5.74) is 3.00.